The number of pyridine rings is 1. The molecule has 1 aromatic heterocycles. The van der Waals surface area contributed by atoms with E-state index in [1.807, 2.05) is 6.20 Å². The summed E-state index contributed by atoms with van der Waals surface area (Å²) in [6.07, 6.45) is 2.95. The van der Waals surface area contributed by atoms with E-state index < -0.39 is 0 Å². The predicted octanol–water partition coefficient (Wildman–Crippen LogP) is 3.10. The third kappa shape index (κ3) is 3.45. The summed E-state index contributed by atoms with van der Waals surface area (Å²) in [5.41, 5.74) is 3.52. The molecule has 0 bridgehead atoms. The van der Waals surface area contributed by atoms with Crippen LogP contribution in [0.1, 0.15) is 22.9 Å². The van der Waals surface area contributed by atoms with E-state index in [0.717, 1.165) is 36.3 Å². The molecule has 0 spiro atoms. The van der Waals surface area contributed by atoms with Crippen molar-refractivity contribution in [3.8, 4) is 0 Å². The summed E-state index contributed by atoms with van der Waals surface area (Å²) in [6, 6.07) is 12.6. The quantitative estimate of drug-likeness (QED) is 0.937. The van der Waals surface area contributed by atoms with Gasteiger partial charge in [-0.1, -0.05) is 34.1 Å². The zero-order valence-corrected chi connectivity index (χ0v) is 12.8. The van der Waals surface area contributed by atoms with Crippen molar-refractivity contribution in [1.29, 1.82) is 0 Å². The highest BCUT2D eigenvalue weighted by Gasteiger charge is 2.16. The Morgan fingerprint density at radius 2 is 1.95 bits per heavy atom. The highest BCUT2D eigenvalue weighted by Crippen LogP contribution is 2.18. The Bertz CT molecular complexity index is 548. The van der Waals surface area contributed by atoms with Crippen LogP contribution in [0, 0.1) is 0 Å². The van der Waals surface area contributed by atoms with Crippen molar-refractivity contribution in [2.45, 2.75) is 12.5 Å². The largest absolute Gasteiger partial charge is 0.369 e. The molecule has 3 nitrogen and oxygen atoms in total. The maximum atomic E-state index is 5.71. The molecule has 1 aromatic carbocycles. The van der Waals surface area contributed by atoms with Gasteiger partial charge in [-0.25, -0.2) is 0 Å². The lowest BCUT2D eigenvalue weighted by Crippen LogP contribution is -2.33. The molecule has 0 radical (unpaired) electrons. The predicted molar refractivity (Wildman–Crippen MR) is 82.7 cm³/mol. The second-order valence-corrected chi connectivity index (χ2v) is 5.87. The molecule has 0 saturated carbocycles. The summed E-state index contributed by atoms with van der Waals surface area (Å²) < 4.78 is 6.81. The number of nitrogens with one attached hydrogen (secondary N) is 1. The molecular weight excluding hydrogens is 316 g/mol. The van der Waals surface area contributed by atoms with E-state index >= 15 is 0 Å². The van der Waals surface area contributed by atoms with Gasteiger partial charge in [0.15, 0.2) is 0 Å². The monoisotopic (exact) mass is 332 g/mol. The van der Waals surface area contributed by atoms with Gasteiger partial charge in [0.2, 0.25) is 0 Å². The van der Waals surface area contributed by atoms with Crippen LogP contribution in [0.5, 0.6) is 0 Å². The number of rotatable bonds is 3. The highest BCUT2D eigenvalue weighted by molar-refractivity contribution is 9.10. The van der Waals surface area contributed by atoms with Gasteiger partial charge in [0.25, 0.3) is 0 Å². The van der Waals surface area contributed by atoms with Crippen LogP contribution >= 0.6 is 15.9 Å². The molecule has 0 aliphatic carbocycles. The van der Waals surface area contributed by atoms with Crippen LogP contribution in [-0.4, -0.2) is 24.7 Å². The summed E-state index contributed by atoms with van der Waals surface area (Å²) in [4.78, 5) is 4.54. The molecule has 4 heteroatoms. The van der Waals surface area contributed by atoms with Crippen molar-refractivity contribution < 1.29 is 4.74 Å². The minimum Gasteiger partial charge on any atom is -0.369 e. The van der Waals surface area contributed by atoms with Crippen LogP contribution in [0.2, 0.25) is 0 Å². The highest BCUT2D eigenvalue weighted by atomic mass is 79.9. The molecule has 0 amide bonds. The first-order valence-corrected chi connectivity index (χ1v) is 7.62. The number of aromatic nitrogens is 1. The third-order valence-electron chi connectivity index (χ3n) is 3.43. The van der Waals surface area contributed by atoms with E-state index in [0.29, 0.717) is 0 Å². The third-order valence-corrected chi connectivity index (χ3v) is 3.96. The van der Waals surface area contributed by atoms with Crippen molar-refractivity contribution in [2.75, 3.05) is 19.7 Å². The van der Waals surface area contributed by atoms with Crippen LogP contribution in [0.15, 0.2) is 47.1 Å². The van der Waals surface area contributed by atoms with Crippen LogP contribution in [0.4, 0.5) is 0 Å². The van der Waals surface area contributed by atoms with Gasteiger partial charge in [-0.05, 0) is 35.7 Å². The van der Waals surface area contributed by atoms with Crippen molar-refractivity contribution >= 4 is 15.9 Å². The van der Waals surface area contributed by atoms with E-state index in [1.54, 1.807) is 0 Å². The standard InChI is InChI=1S/C16H17BrN2O/c17-14-4-1-12(2-5-14)9-13-3-6-15(19-10-13)16-11-18-7-8-20-16/h1-6,10,16,18H,7-9,11H2. The molecule has 3 rings (SSSR count). The molecule has 104 valence electrons. The maximum Gasteiger partial charge on any atom is 0.112 e. The summed E-state index contributed by atoms with van der Waals surface area (Å²) in [7, 11) is 0. The zero-order valence-electron chi connectivity index (χ0n) is 11.2. The van der Waals surface area contributed by atoms with Crippen LogP contribution in [-0.2, 0) is 11.2 Å². The molecule has 1 fully saturated rings. The SMILES string of the molecule is Brc1ccc(Cc2ccc(C3CNCCO3)nc2)cc1. The molecule has 1 atom stereocenters. The topological polar surface area (TPSA) is 34.1 Å². The van der Waals surface area contributed by atoms with Gasteiger partial charge in [-0.3, -0.25) is 4.98 Å². The maximum absolute atomic E-state index is 5.71. The van der Waals surface area contributed by atoms with Gasteiger partial charge in [-0.15, -0.1) is 0 Å². The Kier molecular flexibility index (Phi) is 4.45. The Labute approximate surface area is 127 Å². The number of ether oxygens (including phenoxy) is 1. The number of halogens is 1. The van der Waals surface area contributed by atoms with Crippen molar-refractivity contribution in [3.63, 3.8) is 0 Å². The fourth-order valence-electron chi connectivity index (χ4n) is 2.32. The summed E-state index contributed by atoms with van der Waals surface area (Å²) in [5, 5.41) is 3.32. The Hall–Kier alpha value is -1.23. The molecule has 1 aliphatic rings. The summed E-state index contributed by atoms with van der Waals surface area (Å²) >= 11 is 3.45. The average Bonchev–Trinajstić information content (AvgIpc) is 2.51. The van der Waals surface area contributed by atoms with Gasteiger partial charge >= 0.3 is 0 Å². The van der Waals surface area contributed by atoms with Gasteiger partial charge < -0.3 is 10.1 Å². The molecule has 1 aliphatic heterocycles. The molecule has 20 heavy (non-hydrogen) atoms. The zero-order chi connectivity index (χ0) is 13.8. The second kappa shape index (κ2) is 6.48. The Morgan fingerprint density at radius 3 is 2.60 bits per heavy atom. The summed E-state index contributed by atoms with van der Waals surface area (Å²) in [6.45, 7) is 2.53. The van der Waals surface area contributed by atoms with E-state index in [9.17, 15) is 0 Å². The Morgan fingerprint density at radius 1 is 1.15 bits per heavy atom. The van der Waals surface area contributed by atoms with Gasteiger partial charge in [0, 0.05) is 23.8 Å². The summed E-state index contributed by atoms with van der Waals surface area (Å²) in [5.74, 6) is 0. The van der Waals surface area contributed by atoms with Crippen LogP contribution in [0.3, 0.4) is 0 Å². The molecule has 1 N–H and O–H groups in total. The van der Waals surface area contributed by atoms with Crippen molar-refractivity contribution in [3.05, 3.63) is 63.9 Å². The number of benzene rings is 1. The van der Waals surface area contributed by atoms with Crippen molar-refractivity contribution in [1.82, 2.24) is 10.3 Å². The fraction of sp³-hybridized carbons (Fsp3) is 0.312. The van der Waals surface area contributed by atoms with Crippen LogP contribution < -0.4 is 5.32 Å². The van der Waals surface area contributed by atoms with Gasteiger partial charge in [-0.2, -0.15) is 0 Å². The van der Waals surface area contributed by atoms with E-state index in [4.69, 9.17) is 4.74 Å². The lowest BCUT2D eigenvalue weighted by Gasteiger charge is -2.23. The number of hydrogen-bond acceptors (Lipinski definition) is 3. The van der Waals surface area contributed by atoms with Gasteiger partial charge in [0.1, 0.15) is 6.10 Å². The first-order chi connectivity index (χ1) is 9.81. The Balaban J connectivity index is 1.67. The lowest BCUT2D eigenvalue weighted by atomic mass is 10.1. The van der Waals surface area contributed by atoms with Crippen molar-refractivity contribution in [2.24, 2.45) is 0 Å². The average molecular weight is 333 g/mol. The van der Waals surface area contributed by atoms with E-state index in [2.05, 4.69) is 62.6 Å². The fourth-order valence-corrected chi connectivity index (χ4v) is 2.59. The normalized spacial score (nSPS) is 18.9. The second-order valence-electron chi connectivity index (χ2n) is 4.96. The van der Waals surface area contributed by atoms with Crippen LogP contribution in [0.25, 0.3) is 0 Å². The minimum absolute atomic E-state index is 0.0884. The van der Waals surface area contributed by atoms with Gasteiger partial charge in [0.05, 0.1) is 12.3 Å². The van der Waals surface area contributed by atoms with E-state index in [-0.39, 0.29) is 6.10 Å². The molecule has 1 unspecified atom stereocenters. The molecule has 2 heterocycles. The molecule has 1 saturated heterocycles. The first-order valence-electron chi connectivity index (χ1n) is 6.83. The first kappa shape index (κ1) is 13.7. The smallest absolute Gasteiger partial charge is 0.112 e. The number of nitrogens with zero attached hydrogens (tertiary/aromatic N) is 1. The molecular formula is C16H17BrN2O. The molecule has 2 aromatic rings. The number of morpholine rings is 1. The lowest BCUT2D eigenvalue weighted by molar-refractivity contribution is 0.0250. The van der Waals surface area contributed by atoms with E-state index in [1.165, 1.54) is 11.1 Å². The number of hydrogen-bond donors (Lipinski definition) is 1. The minimum atomic E-state index is 0.0884.